The third-order valence-electron chi connectivity index (χ3n) is 4.67. The molecule has 9 heteroatoms. The molecular weight excluding hydrogens is 360 g/mol. The van der Waals surface area contributed by atoms with Crippen LogP contribution in [-0.2, 0) is 0 Å². The largest absolute Gasteiger partial charge is 0.353 e. The summed E-state index contributed by atoms with van der Waals surface area (Å²) in [7, 11) is 0. The second-order valence-corrected chi connectivity index (χ2v) is 7.78. The molecule has 1 atom stereocenters. The highest BCUT2D eigenvalue weighted by molar-refractivity contribution is 8.14. The first-order valence-corrected chi connectivity index (χ1v) is 10.1. The molecule has 4 rings (SSSR count). The molecular formula is C18H24N8S. The lowest BCUT2D eigenvalue weighted by atomic mass is 10.3. The van der Waals surface area contributed by atoms with Crippen LogP contribution in [0.25, 0.3) is 16.9 Å². The first kappa shape index (κ1) is 18.0. The van der Waals surface area contributed by atoms with Gasteiger partial charge in [-0.25, -0.2) is 9.97 Å². The second-order valence-electron chi connectivity index (χ2n) is 6.50. The SMILES string of the molecule is CCN(CC)CC1=NCC(Nc2nc(C)cn3c(-c4cn[nH]c4)cnc23)S1. The standard InChI is InChI=1S/C18H24N8S/c1-4-25(5-2)11-16-19-9-15(27-16)24-17-18-20-8-14(13-6-21-22-7-13)26(18)10-12(3)23-17/h6-8,10,15H,4-5,9,11H2,1-3H3,(H,21,22)(H,23,24). The number of H-pyrrole nitrogens is 1. The average molecular weight is 385 g/mol. The molecule has 1 aliphatic heterocycles. The minimum atomic E-state index is 0.183. The Morgan fingerprint density at radius 3 is 2.93 bits per heavy atom. The van der Waals surface area contributed by atoms with E-state index in [1.54, 1.807) is 18.0 Å². The van der Waals surface area contributed by atoms with E-state index in [0.717, 1.165) is 54.6 Å². The van der Waals surface area contributed by atoms with E-state index < -0.39 is 0 Å². The van der Waals surface area contributed by atoms with Crippen LogP contribution in [-0.4, -0.2) is 66.1 Å². The number of anilines is 1. The van der Waals surface area contributed by atoms with Crippen LogP contribution in [0.3, 0.4) is 0 Å². The Balaban J connectivity index is 1.53. The number of hydrogen-bond acceptors (Lipinski definition) is 7. The van der Waals surface area contributed by atoms with Gasteiger partial charge in [0.1, 0.15) is 0 Å². The van der Waals surface area contributed by atoms with Gasteiger partial charge in [-0.15, -0.1) is 0 Å². The van der Waals surface area contributed by atoms with Gasteiger partial charge < -0.3 is 5.32 Å². The molecule has 2 N–H and O–H groups in total. The van der Waals surface area contributed by atoms with E-state index in [4.69, 9.17) is 4.99 Å². The third kappa shape index (κ3) is 3.70. The number of thioether (sulfide) groups is 1. The van der Waals surface area contributed by atoms with Gasteiger partial charge in [-0.05, 0) is 20.0 Å². The number of hydrogen-bond donors (Lipinski definition) is 2. The van der Waals surface area contributed by atoms with Gasteiger partial charge in [-0.1, -0.05) is 25.6 Å². The van der Waals surface area contributed by atoms with Crippen LogP contribution in [0.2, 0.25) is 0 Å². The first-order valence-electron chi connectivity index (χ1n) is 9.20. The highest BCUT2D eigenvalue weighted by atomic mass is 32.2. The maximum Gasteiger partial charge on any atom is 0.180 e. The van der Waals surface area contributed by atoms with Crippen molar-refractivity contribution in [1.82, 2.24) is 29.5 Å². The predicted octanol–water partition coefficient (Wildman–Crippen LogP) is 2.65. The number of imidazole rings is 1. The molecule has 1 aliphatic rings. The van der Waals surface area contributed by atoms with E-state index in [-0.39, 0.29) is 5.37 Å². The van der Waals surface area contributed by atoms with E-state index in [0.29, 0.717) is 0 Å². The Morgan fingerprint density at radius 1 is 1.33 bits per heavy atom. The molecule has 142 valence electrons. The Morgan fingerprint density at radius 2 is 2.19 bits per heavy atom. The summed E-state index contributed by atoms with van der Waals surface area (Å²) in [5.74, 6) is 0.793. The third-order valence-corrected chi connectivity index (χ3v) is 5.75. The molecule has 0 fully saturated rings. The van der Waals surface area contributed by atoms with Crippen molar-refractivity contribution >= 4 is 28.3 Å². The molecule has 8 nitrogen and oxygen atoms in total. The van der Waals surface area contributed by atoms with Gasteiger partial charge in [0.05, 0.1) is 40.7 Å². The lowest BCUT2D eigenvalue weighted by molar-refractivity contribution is 0.349. The van der Waals surface area contributed by atoms with Crippen molar-refractivity contribution < 1.29 is 0 Å². The van der Waals surface area contributed by atoms with Gasteiger partial charge >= 0.3 is 0 Å². The first-order chi connectivity index (χ1) is 13.2. The molecule has 27 heavy (non-hydrogen) atoms. The van der Waals surface area contributed by atoms with Crippen LogP contribution >= 0.6 is 11.8 Å². The molecule has 0 saturated heterocycles. The van der Waals surface area contributed by atoms with Crippen molar-refractivity contribution in [3.63, 3.8) is 0 Å². The molecule has 0 radical (unpaired) electrons. The van der Waals surface area contributed by atoms with Crippen molar-refractivity contribution in [3.05, 3.63) is 30.5 Å². The smallest absolute Gasteiger partial charge is 0.180 e. The normalized spacial score (nSPS) is 17.0. The fourth-order valence-electron chi connectivity index (χ4n) is 3.19. The number of nitrogens with one attached hydrogen (secondary N) is 2. The lowest BCUT2D eigenvalue weighted by Gasteiger charge is -2.18. The van der Waals surface area contributed by atoms with E-state index in [1.165, 1.54) is 5.04 Å². The molecule has 0 aliphatic carbocycles. The maximum atomic E-state index is 4.71. The van der Waals surface area contributed by atoms with Gasteiger partial charge in [-0.2, -0.15) is 5.10 Å². The van der Waals surface area contributed by atoms with E-state index in [9.17, 15) is 0 Å². The van der Waals surface area contributed by atoms with E-state index >= 15 is 0 Å². The lowest BCUT2D eigenvalue weighted by Crippen LogP contribution is -2.28. The molecule has 4 heterocycles. The summed E-state index contributed by atoms with van der Waals surface area (Å²) in [5.41, 5.74) is 3.73. The van der Waals surface area contributed by atoms with Crippen LogP contribution < -0.4 is 5.32 Å². The Labute approximate surface area is 162 Å². The fraction of sp³-hybridized carbons (Fsp3) is 0.444. The van der Waals surface area contributed by atoms with Gasteiger partial charge in [0.2, 0.25) is 0 Å². The monoisotopic (exact) mass is 384 g/mol. The number of aromatic amines is 1. The minimum Gasteiger partial charge on any atom is -0.353 e. The van der Waals surface area contributed by atoms with Crippen molar-refractivity contribution in [1.29, 1.82) is 0 Å². The molecule has 0 bridgehead atoms. The van der Waals surface area contributed by atoms with Crippen molar-refractivity contribution in [2.24, 2.45) is 4.99 Å². The number of aromatic nitrogens is 5. The summed E-state index contributed by atoms with van der Waals surface area (Å²) < 4.78 is 2.06. The minimum absolute atomic E-state index is 0.183. The Kier molecular flexibility index (Phi) is 5.13. The van der Waals surface area contributed by atoms with Crippen LogP contribution in [0, 0.1) is 6.92 Å². The number of aryl methyl sites for hydroxylation is 1. The van der Waals surface area contributed by atoms with Gasteiger partial charge in [0.25, 0.3) is 0 Å². The highest BCUT2D eigenvalue weighted by Crippen LogP contribution is 2.27. The summed E-state index contributed by atoms with van der Waals surface area (Å²) in [6.45, 7) is 10.1. The zero-order valence-electron chi connectivity index (χ0n) is 15.8. The van der Waals surface area contributed by atoms with Gasteiger partial charge in [-0.3, -0.25) is 19.4 Å². The molecule has 1 unspecified atom stereocenters. The quantitative estimate of drug-likeness (QED) is 0.651. The number of fused-ring (bicyclic) bond motifs is 1. The summed E-state index contributed by atoms with van der Waals surface area (Å²) in [6.07, 6.45) is 7.52. The van der Waals surface area contributed by atoms with Gasteiger partial charge in [0, 0.05) is 24.5 Å². The number of aliphatic imine (C=N–C) groups is 1. The Hall–Kier alpha value is -2.39. The summed E-state index contributed by atoms with van der Waals surface area (Å²) in [6, 6.07) is 0. The molecule has 0 spiro atoms. The maximum absolute atomic E-state index is 4.71. The predicted molar refractivity (Wildman–Crippen MR) is 110 cm³/mol. The summed E-state index contributed by atoms with van der Waals surface area (Å²) in [5, 5.41) is 11.8. The van der Waals surface area contributed by atoms with Crippen molar-refractivity contribution in [2.75, 3.05) is 31.5 Å². The van der Waals surface area contributed by atoms with Crippen LogP contribution in [0.4, 0.5) is 5.82 Å². The molecule has 0 aromatic carbocycles. The topological polar surface area (TPSA) is 86.5 Å². The van der Waals surface area contributed by atoms with Gasteiger partial charge in [0.15, 0.2) is 11.5 Å². The number of rotatable bonds is 7. The molecule has 3 aromatic rings. The zero-order valence-corrected chi connectivity index (χ0v) is 16.6. The summed E-state index contributed by atoms with van der Waals surface area (Å²) in [4.78, 5) is 16.4. The summed E-state index contributed by atoms with van der Waals surface area (Å²) >= 11 is 1.79. The van der Waals surface area contributed by atoms with Crippen LogP contribution in [0.15, 0.2) is 29.8 Å². The molecule has 0 saturated carbocycles. The average Bonchev–Trinajstić information content (AvgIpc) is 3.40. The zero-order chi connectivity index (χ0) is 18.8. The van der Waals surface area contributed by atoms with Crippen molar-refractivity contribution in [3.8, 4) is 11.3 Å². The fourth-order valence-corrected chi connectivity index (χ4v) is 4.24. The second kappa shape index (κ2) is 7.69. The Bertz CT molecular complexity index is 942. The van der Waals surface area contributed by atoms with E-state index in [2.05, 4.69) is 48.6 Å². The highest BCUT2D eigenvalue weighted by Gasteiger charge is 2.22. The molecule has 3 aromatic heterocycles. The van der Waals surface area contributed by atoms with Crippen LogP contribution in [0.1, 0.15) is 19.5 Å². The number of nitrogens with zero attached hydrogens (tertiary/aromatic N) is 6. The van der Waals surface area contributed by atoms with Crippen molar-refractivity contribution in [2.45, 2.75) is 26.1 Å². The molecule has 0 amide bonds. The van der Waals surface area contributed by atoms with E-state index in [1.807, 2.05) is 25.5 Å². The van der Waals surface area contributed by atoms with Crippen LogP contribution in [0.5, 0.6) is 0 Å².